The van der Waals surface area contributed by atoms with Crippen LogP contribution in [-0.2, 0) is 19.0 Å². The van der Waals surface area contributed by atoms with Crippen molar-refractivity contribution in [2.45, 2.75) is 5.51 Å². The minimum absolute atomic E-state index is 0. The van der Waals surface area contributed by atoms with Crippen LogP contribution in [0.1, 0.15) is 1.43 Å². The van der Waals surface area contributed by atoms with Crippen LogP contribution in [0.5, 0.6) is 0 Å². The van der Waals surface area contributed by atoms with Crippen LogP contribution in [-0.4, -0.2) is 27.2 Å². The Bertz CT molecular complexity index is 274. The maximum absolute atomic E-state index is 11.4. The third kappa shape index (κ3) is 4.40. The molecule has 0 N–H and O–H groups in total. The summed E-state index contributed by atoms with van der Waals surface area (Å²) in [5.41, 5.74) is -5.62. The number of alkyl halides is 3. The van der Waals surface area contributed by atoms with Crippen molar-refractivity contribution in [3.8, 4) is 0 Å². The van der Waals surface area contributed by atoms with Crippen molar-refractivity contribution in [3.63, 3.8) is 0 Å². The smallest absolute Gasteiger partial charge is 1.00 e. The molecule has 0 bridgehead atoms. The summed E-state index contributed by atoms with van der Waals surface area (Å²) >= 11 is 0. The van der Waals surface area contributed by atoms with Gasteiger partial charge in [-0.2, -0.15) is 21.6 Å². The molecule has 0 unspecified atom stereocenters. The third-order valence-electron chi connectivity index (χ3n) is 0.628. The zero-order chi connectivity index (χ0) is 9.99. The van der Waals surface area contributed by atoms with Crippen LogP contribution in [0.25, 0.3) is 0 Å². The van der Waals surface area contributed by atoms with Gasteiger partial charge in [-0.05, 0) is 0 Å². The predicted molar refractivity (Wildman–Crippen MR) is 29.6 cm³/mol. The van der Waals surface area contributed by atoms with Crippen LogP contribution in [0.2, 0.25) is 0 Å². The van der Waals surface area contributed by atoms with Gasteiger partial charge in [-0.3, -0.25) is 0 Å². The summed E-state index contributed by atoms with van der Waals surface area (Å²) in [5.74, 6) is 0. The number of halogens is 3. The third-order valence-corrected chi connectivity index (χ3v) is 1.55. The predicted octanol–water partition coefficient (Wildman–Crippen LogP) is -2.26. The molecule has 13 heavy (non-hydrogen) atoms. The molecule has 0 saturated heterocycles. The molecule has 0 aliphatic carbocycles. The van der Waals surface area contributed by atoms with Gasteiger partial charge in [0.1, 0.15) is 0 Å². The van der Waals surface area contributed by atoms with Gasteiger partial charge in [-0.25, -0.2) is 4.79 Å². The summed E-state index contributed by atoms with van der Waals surface area (Å²) in [6.45, 7) is 0. The Morgan fingerprint density at radius 3 is 2.00 bits per heavy atom. The van der Waals surface area contributed by atoms with Gasteiger partial charge < -0.3 is 10.3 Å². The van der Waals surface area contributed by atoms with E-state index >= 15 is 0 Å². The van der Waals surface area contributed by atoms with Crippen LogP contribution >= 0.6 is 0 Å². The van der Waals surface area contributed by atoms with Crippen molar-refractivity contribution in [1.82, 2.24) is 0 Å². The molecule has 0 aromatic heterocycles. The standard InChI is InChI=1S/C3H3F3O5S.Li.H/c1-10-2(7)11-12(8,9)3(4,5)6;;/h1H3;;/q;+1;-1. The van der Waals surface area contributed by atoms with E-state index in [1.807, 2.05) is 0 Å². The molecule has 0 atom stereocenters. The average molecular weight is 216 g/mol. The largest absolute Gasteiger partial charge is 1.00 e. The molecule has 5 nitrogen and oxygen atoms in total. The first-order valence-corrected chi connectivity index (χ1v) is 3.70. The van der Waals surface area contributed by atoms with Crippen molar-refractivity contribution in [2.24, 2.45) is 0 Å². The van der Waals surface area contributed by atoms with E-state index in [2.05, 4.69) is 8.92 Å². The van der Waals surface area contributed by atoms with Crippen LogP contribution in [0.4, 0.5) is 18.0 Å². The summed E-state index contributed by atoms with van der Waals surface area (Å²) in [6, 6.07) is 0. The molecule has 0 aliphatic rings. The van der Waals surface area contributed by atoms with E-state index < -0.39 is 21.8 Å². The topological polar surface area (TPSA) is 69.7 Å². The number of ether oxygens (including phenoxy) is 1. The number of hydrogen-bond acceptors (Lipinski definition) is 5. The van der Waals surface area contributed by atoms with E-state index in [9.17, 15) is 26.4 Å². The monoisotopic (exact) mass is 216 g/mol. The maximum atomic E-state index is 11.4. The molecule has 0 fully saturated rings. The molecule has 0 saturated carbocycles. The Hall–Kier alpha value is -0.393. The molecule has 0 radical (unpaired) electrons. The minimum atomic E-state index is -5.88. The average Bonchev–Trinajstić information content (AvgIpc) is 1.84. The summed E-state index contributed by atoms with van der Waals surface area (Å²) in [7, 11) is -5.21. The van der Waals surface area contributed by atoms with Gasteiger partial charge in [0.15, 0.2) is 0 Å². The maximum Gasteiger partial charge on any atom is 1.00 e. The molecule has 10 heteroatoms. The van der Waals surface area contributed by atoms with E-state index in [0.29, 0.717) is 7.11 Å². The fraction of sp³-hybridized carbons (Fsp3) is 0.667. The van der Waals surface area contributed by atoms with Crippen LogP contribution in [0, 0.1) is 0 Å². The van der Waals surface area contributed by atoms with Crippen LogP contribution < -0.4 is 18.9 Å². The fourth-order valence-corrected chi connectivity index (χ4v) is 0.513. The second-order valence-corrected chi connectivity index (χ2v) is 2.98. The first kappa shape index (κ1) is 15.1. The number of hydrogen-bond donors (Lipinski definition) is 0. The van der Waals surface area contributed by atoms with E-state index in [-0.39, 0.29) is 20.3 Å². The molecular weight excluding hydrogens is 212 g/mol. The SMILES string of the molecule is COC(=O)OS(=O)(=O)C(F)(F)F.[H-].[Li+]. The van der Waals surface area contributed by atoms with Crippen molar-refractivity contribution in [3.05, 3.63) is 0 Å². The molecule has 0 aromatic carbocycles. The van der Waals surface area contributed by atoms with Gasteiger partial charge in [0.05, 0.1) is 7.11 Å². The fourth-order valence-electron chi connectivity index (χ4n) is 0.171. The molecule has 0 aromatic rings. The molecule has 0 amide bonds. The number of methoxy groups -OCH3 is 1. The van der Waals surface area contributed by atoms with E-state index in [4.69, 9.17) is 0 Å². The van der Waals surface area contributed by atoms with Crippen molar-refractivity contribution < 1.29 is 55.6 Å². The molecule has 0 heterocycles. The summed E-state index contributed by atoms with van der Waals surface area (Å²) < 4.78 is 60.7. The summed E-state index contributed by atoms with van der Waals surface area (Å²) in [4.78, 5) is 9.95. The molecule has 74 valence electrons. The Kier molecular flexibility index (Phi) is 5.50. The first-order chi connectivity index (χ1) is 5.20. The first-order valence-electron chi connectivity index (χ1n) is 2.29. The Labute approximate surface area is 85.0 Å². The zero-order valence-electron chi connectivity index (χ0n) is 7.58. The number of carbonyl (C=O) groups excluding carboxylic acids is 1. The molecular formula is C3H4F3LiO5S. The van der Waals surface area contributed by atoms with Crippen molar-refractivity contribution in [1.29, 1.82) is 0 Å². The summed E-state index contributed by atoms with van der Waals surface area (Å²) in [6.07, 6.45) is -1.94. The molecule has 0 spiro atoms. The number of rotatable bonds is 1. The van der Waals surface area contributed by atoms with Crippen molar-refractivity contribution in [2.75, 3.05) is 7.11 Å². The normalized spacial score (nSPS) is 11.4. The summed E-state index contributed by atoms with van der Waals surface area (Å²) in [5, 5.41) is 0. The molecule has 0 rings (SSSR count). The second-order valence-electron chi connectivity index (χ2n) is 1.44. The van der Waals surface area contributed by atoms with Gasteiger partial charge in [-0.15, -0.1) is 0 Å². The molecule has 0 aliphatic heterocycles. The van der Waals surface area contributed by atoms with E-state index in [0.717, 1.165) is 0 Å². The van der Waals surface area contributed by atoms with Gasteiger partial charge in [-0.1, -0.05) is 0 Å². The van der Waals surface area contributed by atoms with Crippen LogP contribution in [0.15, 0.2) is 0 Å². The second kappa shape index (κ2) is 4.74. The van der Waals surface area contributed by atoms with Gasteiger partial charge in [0, 0.05) is 0 Å². The van der Waals surface area contributed by atoms with E-state index in [1.54, 1.807) is 0 Å². The van der Waals surface area contributed by atoms with Crippen LogP contribution in [0.3, 0.4) is 0 Å². The quantitative estimate of drug-likeness (QED) is 0.214. The van der Waals surface area contributed by atoms with Gasteiger partial charge in [0.25, 0.3) is 0 Å². The number of carbonyl (C=O) groups is 1. The minimum Gasteiger partial charge on any atom is -1.00 e. The Morgan fingerprint density at radius 1 is 1.38 bits per heavy atom. The Morgan fingerprint density at radius 2 is 1.77 bits per heavy atom. The van der Waals surface area contributed by atoms with Gasteiger partial charge >= 0.3 is 40.6 Å². The van der Waals surface area contributed by atoms with E-state index in [1.165, 1.54) is 0 Å². The van der Waals surface area contributed by atoms with Gasteiger partial charge in [0.2, 0.25) is 0 Å². The van der Waals surface area contributed by atoms with Crippen molar-refractivity contribution >= 4 is 16.3 Å². The Balaban J connectivity index is -0.000000605. The zero-order valence-corrected chi connectivity index (χ0v) is 7.40.